The Kier molecular flexibility index (Phi) is 2.54. The lowest BCUT2D eigenvalue weighted by molar-refractivity contribution is -0.676. The van der Waals surface area contributed by atoms with E-state index in [1.165, 1.54) is 0 Å². The monoisotopic (exact) mass is 359 g/mol. The van der Waals surface area contributed by atoms with Gasteiger partial charge in [0.05, 0.1) is 25.4 Å². The lowest BCUT2D eigenvalue weighted by Crippen LogP contribution is -2.89. The first-order valence-corrected chi connectivity index (χ1v) is 7.65. The van der Waals surface area contributed by atoms with Crippen molar-refractivity contribution in [2.45, 2.75) is 11.8 Å². The number of hydrogen-bond donors (Lipinski definition) is 2. The minimum atomic E-state index is -1.35. The summed E-state index contributed by atoms with van der Waals surface area (Å²) in [6.07, 6.45) is 0. The highest BCUT2D eigenvalue weighted by atomic mass is 79.9. The lowest BCUT2D eigenvalue weighted by Gasteiger charge is -2.23. The Morgan fingerprint density at radius 1 is 1.23 bits per heavy atom. The van der Waals surface area contributed by atoms with Gasteiger partial charge in [-0.25, -0.2) is 4.99 Å². The van der Waals surface area contributed by atoms with Gasteiger partial charge in [0.1, 0.15) is 0 Å². The van der Waals surface area contributed by atoms with Crippen LogP contribution in [0.2, 0.25) is 0 Å². The maximum absolute atomic E-state index is 9.94. The van der Waals surface area contributed by atoms with Crippen LogP contribution in [0, 0.1) is 33.5 Å². The van der Waals surface area contributed by atoms with Crippen molar-refractivity contribution in [2.75, 3.05) is 13.2 Å². The summed E-state index contributed by atoms with van der Waals surface area (Å²) >= 11 is 3.50. The first-order chi connectivity index (χ1) is 10.6. The van der Waals surface area contributed by atoms with E-state index in [2.05, 4.69) is 33.1 Å². The first kappa shape index (κ1) is 13.7. The largest absolute Gasteiger partial charge is 0.343 e. The van der Waals surface area contributed by atoms with Crippen molar-refractivity contribution in [3.8, 4) is 12.1 Å². The summed E-state index contributed by atoms with van der Waals surface area (Å²) in [5.41, 5.74) is 4.62. The maximum atomic E-state index is 9.94. The molecule has 4 rings (SSSR count). The predicted molar refractivity (Wildman–Crippen MR) is 77.8 cm³/mol. The molecule has 0 amide bonds. The van der Waals surface area contributed by atoms with Crippen LogP contribution in [0.15, 0.2) is 28.7 Å². The Hall–Kier alpha value is -1.93. The molecule has 1 aromatic rings. The summed E-state index contributed by atoms with van der Waals surface area (Å²) in [7, 11) is 0. The van der Waals surface area contributed by atoms with E-state index in [9.17, 15) is 10.5 Å². The van der Waals surface area contributed by atoms with Crippen molar-refractivity contribution in [3.05, 3.63) is 34.3 Å². The molecule has 22 heavy (non-hydrogen) atoms. The molecule has 1 spiro atoms. The Labute approximate surface area is 135 Å². The molecule has 0 radical (unpaired) electrons. The average molecular weight is 360 g/mol. The van der Waals surface area contributed by atoms with Crippen molar-refractivity contribution < 1.29 is 14.5 Å². The molecule has 1 aliphatic carbocycles. The first-order valence-electron chi connectivity index (χ1n) is 6.85. The number of ether oxygens (including phenoxy) is 2. The molecular formula is C15H12BrN4O2+. The fourth-order valence-corrected chi connectivity index (χ4v) is 4.51. The number of halogens is 1. The van der Waals surface area contributed by atoms with Gasteiger partial charge in [-0.05, 0) is 11.6 Å². The number of nitrogens with zero attached hydrogens (tertiary/aromatic N) is 2. The number of nitriles is 2. The number of nitrogens with two attached hydrogens (primary N) is 1. The smallest absolute Gasteiger partial charge is 0.311 e. The molecule has 3 N–H and O–H groups in total. The van der Waals surface area contributed by atoms with Crippen LogP contribution in [0.3, 0.4) is 0 Å². The molecule has 2 aliphatic heterocycles. The molecule has 0 bridgehead atoms. The number of nitrogens with one attached hydrogen (secondary N) is 1. The Bertz CT molecular complexity index is 789. The molecule has 3 atom stereocenters. The summed E-state index contributed by atoms with van der Waals surface area (Å²) in [6.45, 7) is 0.710. The third kappa shape index (κ3) is 1.17. The van der Waals surface area contributed by atoms with Crippen molar-refractivity contribution in [3.63, 3.8) is 0 Å². The third-order valence-corrected chi connectivity index (χ3v) is 5.63. The molecule has 6 nitrogen and oxygen atoms in total. The van der Waals surface area contributed by atoms with E-state index in [1.807, 2.05) is 24.3 Å². The van der Waals surface area contributed by atoms with Gasteiger partial charge in [-0.2, -0.15) is 10.5 Å². The minimum Gasteiger partial charge on any atom is -0.311 e. The second-order valence-corrected chi connectivity index (χ2v) is 6.50. The Balaban J connectivity index is 1.97. The minimum absolute atomic E-state index is 0.235. The Morgan fingerprint density at radius 2 is 1.91 bits per heavy atom. The topological polar surface area (TPSA) is 106 Å². The molecule has 2 fully saturated rings. The fourth-order valence-electron chi connectivity index (χ4n) is 3.99. The van der Waals surface area contributed by atoms with Gasteiger partial charge in [0, 0.05) is 10.4 Å². The molecule has 110 valence electrons. The van der Waals surface area contributed by atoms with Crippen LogP contribution in [-0.4, -0.2) is 25.0 Å². The van der Waals surface area contributed by atoms with Crippen LogP contribution >= 0.6 is 15.9 Å². The number of benzene rings is 1. The quantitative estimate of drug-likeness (QED) is 0.717. The molecule has 1 aromatic carbocycles. The molecule has 0 aromatic heterocycles. The lowest BCUT2D eigenvalue weighted by atomic mass is 9.94. The van der Waals surface area contributed by atoms with Gasteiger partial charge in [0.25, 0.3) is 5.84 Å². The predicted octanol–water partition coefficient (Wildman–Crippen LogP) is -0.282. The SMILES string of the molecule is N#C[C@@]12C(N)=[NH+]C3(OCCO3)[C@]1(C#N)[C@H]2c1ccccc1Br. The van der Waals surface area contributed by atoms with Crippen molar-refractivity contribution in [1.82, 2.24) is 0 Å². The second kappa shape index (κ2) is 4.08. The van der Waals surface area contributed by atoms with Crippen LogP contribution < -0.4 is 10.7 Å². The molecular weight excluding hydrogens is 348 g/mol. The van der Waals surface area contributed by atoms with Gasteiger partial charge in [-0.15, -0.1) is 0 Å². The highest BCUT2D eigenvalue weighted by molar-refractivity contribution is 9.10. The van der Waals surface area contributed by atoms with Gasteiger partial charge in [0.2, 0.25) is 0 Å². The zero-order valence-corrected chi connectivity index (χ0v) is 13.1. The summed E-state index contributed by atoms with van der Waals surface area (Å²) < 4.78 is 12.3. The molecule has 7 heteroatoms. The van der Waals surface area contributed by atoms with Crippen LogP contribution in [0.4, 0.5) is 0 Å². The van der Waals surface area contributed by atoms with E-state index < -0.39 is 22.7 Å². The van der Waals surface area contributed by atoms with Gasteiger partial charge >= 0.3 is 5.91 Å². The number of rotatable bonds is 1. The van der Waals surface area contributed by atoms with Crippen LogP contribution in [-0.2, 0) is 9.47 Å². The summed E-state index contributed by atoms with van der Waals surface area (Å²) in [6, 6.07) is 12.1. The van der Waals surface area contributed by atoms with Gasteiger partial charge < -0.3 is 9.47 Å². The number of amidine groups is 1. The van der Waals surface area contributed by atoms with Crippen LogP contribution in [0.25, 0.3) is 0 Å². The summed E-state index contributed by atoms with van der Waals surface area (Å²) in [4.78, 5) is 2.92. The maximum Gasteiger partial charge on any atom is 0.343 e. The van der Waals surface area contributed by atoms with E-state index in [4.69, 9.17) is 15.2 Å². The normalized spacial score (nSPS) is 37.2. The van der Waals surface area contributed by atoms with Crippen molar-refractivity contribution >= 4 is 21.8 Å². The van der Waals surface area contributed by atoms with Crippen LogP contribution in [0.5, 0.6) is 0 Å². The molecule has 2 heterocycles. The number of hydrogen-bond acceptors (Lipinski definition) is 5. The van der Waals surface area contributed by atoms with Crippen LogP contribution in [0.1, 0.15) is 11.5 Å². The van der Waals surface area contributed by atoms with Gasteiger partial charge in [0.15, 0.2) is 10.8 Å². The third-order valence-electron chi connectivity index (χ3n) is 4.91. The van der Waals surface area contributed by atoms with Crippen molar-refractivity contribution in [1.29, 1.82) is 10.5 Å². The summed E-state index contributed by atoms with van der Waals surface area (Å²) in [5.74, 6) is -1.52. The standard InChI is InChI=1S/C15H11BrN4O2/c16-10-4-2-1-3-9(10)11-13(7-17)12(19)20-15(14(11,13)8-18)21-5-6-22-15/h1-4,11H,5-6H2,(H2,19,20)/p+1/t11-,13+,14+/m0/s1. The zero-order chi connectivity index (χ0) is 15.6. The zero-order valence-electron chi connectivity index (χ0n) is 11.5. The molecule has 0 unspecified atom stereocenters. The molecule has 3 aliphatic rings. The van der Waals surface area contributed by atoms with Gasteiger partial charge in [-0.3, -0.25) is 5.73 Å². The van der Waals surface area contributed by atoms with E-state index in [0.717, 1.165) is 10.0 Å². The second-order valence-electron chi connectivity index (χ2n) is 5.65. The fraction of sp³-hybridized carbons (Fsp3) is 0.400. The van der Waals surface area contributed by atoms with E-state index >= 15 is 0 Å². The average Bonchev–Trinajstić information content (AvgIpc) is 2.76. The Morgan fingerprint density at radius 3 is 2.50 bits per heavy atom. The number of fused-ring (bicyclic) bond motifs is 2. The molecule has 1 saturated heterocycles. The van der Waals surface area contributed by atoms with E-state index in [-0.39, 0.29) is 5.84 Å². The summed E-state index contributed by atoms with van der Waals surface area (Å²) in [5, 5.41) is 19.8. The van der Waals surface area contributed by atoms with Gasteiger partial charge in [-0.1, -0.05) is 34.1 Å². The highest BCUT2D eigenvalue weighted by Gasteiger charge is 2.97. The molecule has 1 saturated carbocycles. The van der Waals surface area contributed by atoms with Crippen molar-refractivity contribution in [2.24, 2.45) is 16.6 Å². The highest BCUT2D eigenvalue weighted by Crippen LogP contribution is 2.79. The van der Waals surface area contributed by atoms with E-state index in [0.29, 0.717) is 13.2 Å². The van der Waals surface area contributed by atoms with E-state index in [1.54, 1.807) is 0 Å².